The van der Waals surface area contributed by atoms with Crippen molar-refractivity contribution in [3.8, 4) is 11.5 Å². The molecule has 0 aromatic heterocycles. The number of phenolic OH excluding ortho intramolecular Hbond substituents is 1. The maximum atomic E-state index is 9.99. The van der Waals surface area contributed by atoms with Crippen LogP contribution in [0, 0.1) is 0 Å². The van der Waals surface area contributed by atoms with Crippen LogP contribution in [0.4, 0.5) is 0 Å². The maximum absolute atomic E-state index is 9.99. The summed E-state index contributed by atoms with van der Waals surface area (Å²) in [7, 11) is 0. The van der Waals surface area contributed by atoms with Crippen LogP contribution in [0.1, 0.15) is 47.4 Å². The van der Waals surface area contributed by atoms with E-state index in [1.165, 1.54) is 22.3 Å². The van der Waals surface area contributed by atoms with E-state index in [1.54, 1.807) is 0 Å². The van der Waals surface area contributed by atoms with E-state index < -0.39 is 0 Å². The minimum atomic E-state index is 0.282. The van der Waals surface area contributed by atoms with Gasteiger partial charge in [-0.15, -0.1) is 0 Å². The molecule has 0 bridgehead atoms. The summed E-state index contributed by atoms with van der Waals surface area (Å²) in [4.78, 5) is 2.39. The topological polar surface area (TPSA) is 32.7 Å². The van der Waals surface area contributed by atoms with Gasteiger partial charge in [-0.25, -0.2) is 0 Å². The lowest BCUT2D eigenvalue weighted by atomic mass is 9.69. The van der Waals surface area contributed by atoms with Crippen LogP contribution in [0.2, 0.25) is 0 Å². The molecule has 2 unspecified atom stereocenters. The van der Waals surface area contributed by atoms with E-state index in [4.69, 9.17) is 4.74 Å². The molecule has 1 heterocycles. The van der Waals surface area contributed by atoms with Crippen molar-refractivity contribution in [2.75, 3.05) is 19.6 Å². The Morgan fingerprint density at radius 1 is 0.933 bits per heavy atom. The van der Waals surface area contributed by atoms with Crippen molar-refractivity contribution in [3.63, 3.8) is 0 Å². The zero-order valence-corrected chi connectivity index (χ0v) is 17.5. The third-order valence-corrected chi connectivity index (χ3v) is 6.73. The number of benzene rings is 3. The average molecular weight is 400 g/mol. The van der Waals surface area contributed by atoms with Crippen LogP contribution < -0.4 is 4.74 Å². The van der Waals surface area contributed by atoms with Gasteiger partial charge in [0.05, 0.1) is 0 Å². The van der Waals surface area contributed by atoms with Crippen molar-refractivity contribution >= 4 is 0 Å². The number of likely N-dealkylation sites (tertiary alicyclic amines) is 1. The Morgan fingerprint density at radius 3 is 2.43 bits per heavy atom. The molecular weight excluding hydrogens is 370 g/mol. The summed E-state index contributed by atoms with van der Waals surface area (Å²) >= 11 is 0. The molecule has 3 aromatic rings. The van der Waals surface area contributed by atoms with E-state index in [0.717, 1.165) is 38.2 Å². The lowest BCUT2D eigenvalue weighted by molar-refractivity contribution is 0.0238. The first-order valence-electron chi connectivity index (χ1n) is 11.1. The monoisotopic (exact) mass is 399 g/mol. The molecule has 0 saturated carbocycles. The molecule has 0 radical (unpaired) electrons. The van der Waals surface area contributed by atoms with Crippen LogP contribution in [-0.2, 0) is 6.42 Å². The highest BCUT2D eigenvalue weighted by molar-refractivity contribution is 5.48. The highest BCUT2D eigenvalue weighted by Crippen LogP contribution is 2.47. The normalized spacial score (nSPS) is 21.6. The van der Waals surface area contributed by atoms with Crippen molar-refractivity contribution in [2.45, 2.75) is 37.7 Å². The van der Waals surface area contributed by atoms with Gasteiger partial charge in [-0.2, -0.15) is 0 Å². The largest absolute Gasteiger partial charge is 0.508 e. The number of phenols is 1. The molecule has 2 atom stereocenters. The Balaban J connectivity index is 1.44. The highest BCUT2D eigenvalue weighted by Gasteiger charge is 2.32. The van der Waals surface area contributed by atoms with E-state index in [-0.39, 0.29) is 5.92 Å². The van der Waals surface area contributed by atoms with Crippen molar-refractivity contribution in [2.24, 2.45) is 0 Å². The van der Waals surface area contributed by atoms with Crippen LogP contribution >= 0.6 is 0 Å². The molecular formula is C27H29NO2. The summed E-state index contributed by atoms with van der Waals surface area (Å²) in [5.41, 5.74) is 5.29. The van der Waals surface area contributed by atoms with Crippen LogP contribution in [-0.4, -0.2) is 35.7 Å². The number of likely N-dealkylation sites (N-methyl/N-ethyl adjacent to an activating group) is 1. The smallest absolute Gasteiger partial charge is 0.124 e. The van der Waals surface area contributed by atoms with Crippen LogP contribution in [0.15, 0.2) is 72.8 Å². The van der Waals surface area contributed by atoms with Crippen molar-refractivity contribution < 1.29 is 9.84 Å². The molecule has 1 aliphatic heterocycles. The van der Waals surface area contributed by atoms with Gasteiger partial charge in [-0.05, 0) is 71.8 Å². The molecule has 3 heteroatoms. The van der Waals surface area contributed by atoms with Gasteiger partial charge in [-0.3, -0.25) is 4.90 Å². The predicted octanol–water partition coefficient (Wildman–Crippen LogP) is 5.34. The molecule has 2 aliphatic rings. The first kappa shape index (κ1) is 19.2. The average Bonchev–Trinajstić information content (AvgIpc) is 2.76. The van der Waals surface area contributed by atoms with Gasteiger partial charge in [0.25, 0.3) is 0 Å². The van der Waals surface area contributed by atoms with Crippen molar-refractivity contribution in [1.29, 1.82) is 0 Å². The molecule has 154 valence electrons. The van der Waals surface area contributed by atoms with Gasteiger partial charge in [0.2, 0.25) is 0 Å². The second-order valence-corrected chi connectivity index (χ2v) is 8.58. The molecule has 0 amide bonds. The second-order valence-electron chi connectivity index (χ2n) is 8.58. The number of fused-ring (bicyclic) bond motifs is 1. The zero-order valence-electron chi connectivity index (χ0n) is 17.5. The number of aromatic hydroxyl groups is 1. The maximum Gasteiger partial charge on any atom is 0.124 e. The van der Waals surface area contributed by atoms with Gasteiger partial charge >= 0.3 is 0 Å². The molecule has 1 saturated heterocycles. The van der Waals surface area contributed by atoms with Crippen molar-refractivity contribution in [1.82, 2.24) is 4.90 Å². The van der Waals surface area contributed by atoms with E-state index in [1.807, 2.05) is 12.1 Å². The van der Waals surface area contributed by atoms with Gasteiger partial charge < -0.3 is 9.84 Å². The molecule has 1 aliphatic carbocycles. The summed E-state index contributed by atoms with van der Waals surface area (Å²) in [6, 6.07) is 25.4. The summed E-state index contributed by atoms with van der Waals surface area (Å²) in [5.74, 6) is 2.03. The SMILES string of the molecule is CCN1CC(Oc2ccc(C3c4ccc(O)cc4CCC3c3ccccc3)cc2)C1. The summed E-state index contributed by atoms with van der Waals surface area (Å²) in [6.07, 6.45) is 2.39. The molecule has 30 heavy (non-hydrogen) atoms. The lowest BCUT2D eigenvalue weighted by Crippen LogP contribution is -2.53. The van der Waals surface area contributed by atoms with E-state index in [0.29, 0.717) is 17.8 Å². The summed E-state index contributed by atoms with van der Waals surface area (Å²) in [5, 5.41) is 9.99. The Hall–Kier alpha value is -2.78. The Labute approximate surface area is 178 Å². The van der Waals surface area contributed by atoms with Gasteiger partial charge in [0, 0.05) is 19.0 Å². The standard InChI is InChI=1S/C27H29NO2/c1-2-28-17-24(18-28)30-23-12-8-20(9-13-23)27-25(19-6-4-3-5-7-19)14-10-21-16-22(29)11-15-26(21)27/h3-9,11-13,15-16,24-25,27,29H,2,10,14,17-18H2,1H3. The van der Waals surface area contributed by atoms with Crippen molar-refractivity contribution in [3.05, 3.63) is 95.1 Å². The molecule has 1 fully saturated rings. The fraction of sp³-hybridized carbons (Fsp3) is 0.333. The zero-order chi connectivity index (χ0) is 20.5. The van der Waals surface area contributed by atoms with E-state index >= 15 is 0 Å². The van der Waals surface area contributed by atoms with Gasteiger partial charge in [-0.1, -0.05) is 55.5 Å². The molecule has 5 rings (SSSR count). The second kappa shape index (κ2) is 8.16. The van der Waals surface area contributed by atoms with Crippen LogP contribution in [0.3, 0.4) is 0 Å². The highest BCUT2D eigenvalue weighted by atomic mass is 16.5. The fourth-order valence-electron chi connectivity index (χ4n) is 5.08. The molecule has 3 aromatic carbocycles. The number of rotatable bonds is 5. The quantitative estimate of drug-likeness (QED) is 0.629. The predicted molar refractivity (Wildman–Crippen MR) is 120 cm³/mol. The first-order chi connectivity index (χ1) is 14.7. The number of ether oxygens (including phenoxy) is 1. The van der Waals surface area contributed by atoms with Crippen LogP contribution in [0.5, 0.6) is 11.5 Å². The van der Waals surface area contributed by atoms with E-state index in [2.05, 4.69) is 72.5 Å². The number of hydrogen-bond acceptors (Lipinski definition) is 3. The lowest BCUT2D eigenvalue weighted by Gasteiger charge is -2.38. The number of aryl methyl sites for hydroxylation is 1. The van der Waals surface area contributed by atoms with Gasteiger partial charge in [0.15, 0.2) is 0 Å². The number of nitrogens with zero attached hydrogens (tertiary/aromatic N) is 1. The van der Waals surface area contributed by atoms with E-state index in [9.17, 15) is 5.11 Å². The molecule has 0 spiro atoms. The Bertz CT molecular complexity index is 993. The Kier molecular flexibility index (Phi) is 5.22. The third kappa shape index (κ3) is 3.70. The third-order valence-electron chi connectivity index (χ3n) is 6.73. The minimum absolute atomic E-state index is 0.282. The minimum Gasteiger partial charge on any atom is -0.508 e. The Morgan fingerprint density at radius 2 is 1.70 bits per heavy atom. The van der Waals surface area contributed by atoms with Crippen LogP contribution in [0.25, 0.3) is 0 Å². The summed E-state index contributed by atoms with van der Waals surface area (Å²) in [6.45, 7) is 5.33. The summed E-state index contributed by atoms with van der Waals surface area (Å²) < 4.78 is 6.15. The molecule has 3 nitrogen and oxygen atoms in total. The number of hydrogen-bond donors (Lipinski definition) is 1. The molecule has 1 N–H and O–H groups in total. The fourth-order valence-corrected chi connectivity index (χ4v) is 5.08. The van der Waals surface area contributed by atoms with Gasteiger partial charge in [0.1, 0.15) is 17.6 Å². The first-order valence-corrected chi connectivity index (χ1v) is 11.1.